The fraction of sp³-hybridized carbons (Fsp3) is 0.278. The molecule has 0 aliphatic heterocycles. The molecule has 0 radical (unpaired) electrons. The zero-order valence-corrected chi connectivity index (χ0v) is 12.0. The maximum atomic E-state index is 9.36. The number of rotatable bonds is 3. The Hall–Kier alpha value is -2.13. The highest BCUT2D eigenvalue weighted by Gasteiger charge is 2.22. The van der Waals surface area contributed by atoms with Crippen molar-refractivity contribution in [2.75, 3.05) is 0 Å². The van der Waals surface area contributed by atoms with E-state index in [2.05, 4.69) is 40.8 Å². The van der Waals surface area contributed by atoms with Crippen molar-refractivity contribution in [3.05, 3.63) is 71.3 Å². The van der Waals surface area contributed by atoms with Gasteiger partial charge in [-0.25, -0.2) is 0 Å². The minimum Gasteiger partial charge on any atom is -0.411 e. The van der Waals surface area contributed by atoms with Gasteiger partial charge >= 0.3 is 0 Å². The highest BCUT2D eigenvalue weighted by atomic mass is 16.4. The van der Waals surface area contributed by atoms with Crippen LogP contribution < -0.4 is 5.32 Å². The topological polar surface area (TPSA) is 44.6 Å². The molecule has 0 bridgehead atoms. The summed E-state index contributed by atoms with van der Waals surface area (Å²) in [5.41, 5.74) is 4.71. The SMILES string of the molecule is O/N=C1\Cc2ccccc2CCC1NCc1ccccc1. The number of oxime groups is 1. The summed E-state index contributed by atoms with van der Waals surface area (Å²) in [6.07, 6.45) is 2.70. The van der Waals surface area contributed by atoms with Gasteiger partial charge in [0.05, 0.1) is 5.71 Å². The van der Waals surface area contributed by atoms with E-state index < -0.39 is 0 Å². The summed E-state index contributed by atoms with van der Waals surface area (Å²) in [5.74, 6) is 0. The summed E-state index contributed by atoms with van der Waals surface area (Å²) >= 11 is 0. The molecule has 3 heteroatoms. The van der Waals surface area contributed by atoms with Crippen LogP contribution in [-0.2, 0) is 19.4 Å². The predicted molar refractivity (Wildman–Crippen MR) is 84.8 cm³/mol. The summed E-state index contributed by atoms with van der Waals surface area (Å²) in [6.45, 7) is 0.793. The van der Waals surface area contributed by atoms with E-state index >= 15 is 0 Å². The average Bonchev–Trinajstić information content (AvgIpc) is 2.73. The van der Waals surface area contributed by atoms with Crippen molar-refractivity contribution in [1.82, 2.24) is 5.32 Å². The van der Waals surface area contributed by atoms with Crippen LogP contribution in [0.2, 0.25) is 0 Å². The minimum atomic E-state index is 0.127. The molecule has 108 valence electrons. The molecule has 0 saturated heterocycles. The van der Waals surface area contributed by atoms with E-state index in [1.54, 1.807) is 0 Å². The summed E-state index contributed by atoms with van der Waals surface area (Å²) in [4.78, 5) is 0. The lowest BCUT2D eigenvalue weighted by molar-refractivity contribution is 0.314. The molecule has 1 unspecified atom stereocenters. The number of nitrogens with one attached hydrogen (secondary N) is 1. The Bertz CT molecular complexity index is 622. The number of hydrogen-bond donors (Lipinski definition) is 2. The maximum Gasteiger partial charge on any atom is 0.0783 e. The van der Waals surface area contributed by atoms with Gasteiger partial charge in [-0.2, -0.15) is 0 Å². The van der Waals surface area contributed by atoms with Crippen LogP contribution in [0.5, 0.6) is 0 Å². The third-order valence-electron chi connectivity index (χ3n) is 4.12. The van der Waals surface area contributed by atoms with Crippen molar-refractivity contribution in [2.45, 2.75) is 31.8 Å². The standard InChI is InChI=1S/C18H20N2O/c21-20-18-12-16-9-5-4-8-15(16)10-11-17(18)19-13-14-6-2-1-3-7-14/h1-9,17,19,21H,10-13H2/b20-18+. The van der Waals surface area contributed by atoms with E-state index in [1.807, 2.05) is 24.3 Å². The molecule has 0 saturated carbocycles. The molecule has 1 aliphatic rings. The van der Waals surface area contributed by atoms with Gasteiger partial charge in [0.1, 0.15) is 0 Å². The monoisotopic (exact) mass is 280 g/mol. The number of benzene rings is 2. The molecule has 0 amide bonds. The molecule has 1 aliphatic carbocycles. The maximum absolute atomic E-state index is 9.36. The Morgan fingerprint density at radius 2 is 1.71 bits per heavy atom. The van der Waals surface area contributed by atoms with E-state index in [4.69, 9.17) is 0 Å². The van der Waals surface area contributed by atoms with Crippen molar-refractivity contribution in [3.8, 4) is 0 Å². The minimum absolute atomic E-state index is 0.127. The van der Waals surface area contributed by atoms with Crippen molar-refractivity contribution in [1.29, 1.82) is 0 Å². The number of fused-ring (bicyclic) bond motifs is 1. The Balaban J connectivity index is 1.71. The lowest BCUT2D eigenvalue weighted by Gasteiger charge is -2.17. The first-order valence-electron chi connectivity index (χ1n) is 7.42. The number of aryl methyl sites for hydroxylation is 1. The molecule has 0 spiro atoms. The van der Waals surface area contributed by atoms with Gasteiger partial charge in [0.25, 0.3) is 0 Å². The van der Waals surface area contributed by atoms with Crippen LogP contribution in [-0.4, -0.2) is 17.0 Å². The van der Waals surface area contributed by atoms with Gasteiger partial charge in [-0.05, 0) is 29.5 Å². The van der Waals surface area contributed by atoms with Crippen molar-refractivity contribution < 1.29 is 5.21 Å². The molecule has 3 rings (SSSR count). The Kier molecular flexibility index (Phi) is 4.31. The van der Waals surface area contributed by atoms with Gasteiger partial charge in [-0.15, -0.1) is 0 Å². The second-order valence-corrected chi connectivity index (χ2v) is 5.49. The third kappa shape index (κ3) is 3.31. The van der Waals surface area contributed by atoms with Crippen LogP contribution in [0.1, 0.15) is 23.1 Å². The van der Waals surface area contributed by atoms with Crippen molar-refractivity contribution in [3.63, 3.8) is 0 Å². The van der Waals surface area contributed by atoms with Gasteiger partial charge in [-0.3, -0.25) is 0 Å². The van der Waals surface area contributed by atoms with Crippen molar-refractivity contribution >= 4 is 5.71 Å². The molecule has 1 atom stereocenters. The quantitative estimate of drug-likeness (QED) is 0.515. The zero-order valence-electron chi connectivity index (χ0n) is 12.0. The normalized spacial score (nSPS) is 20.0. The van der Waals surface area contributed by atoms with Crippen LogP contribution in [0.3, 0.4) is 0 Å². The first kappa shape index (κ1) is 13.8. The molecule has 0 heterocycles. The van der Waals surface area contributed by atoms with E-state index in [1.165, 1.54) is 16.7 Å². The van der Waals surface area contributed by atoms with Gasteiger partial charge in [0, 0.05) is 19.0 Å². The zero-order chi connectivity index (χ0) is 14.5. The molecule has 2 N–H and O–H groups in total. The Labute approximate surface area is 125 Å². The van der Waals surface area contributed by atoms with Gasteiger partial charge in [-0.1, -0.05) is 59.8 Å². The number of hydrogen-bond acceptors (Lipinski definition) is 3. The molecule has 21 heavy (non-hydrogen) atoms. The summed E-state index contributed by atoms with van der Waals surface area (Å²) in [5, 5.41) is 16.4. The molecule has 2 aromatic rings. The lowest BCUT2D eigenvalue weighted by atomic mass is 10.0. The van der Waals surface area contributed by atoms with Crippen LogP contribution in [0.4, 0.5) is 0 Å². The van der Waals surface area contributed by atoms with E-state index in [9.17, 15) is 5.21 Å². The second kappa shape index (κ2) is 6.55. The second-order valence-electron chi connectivity index (χ2n) is 5.49. The van der Waals surface area contributed by atoms with E-state index in [-0.39, 0.29) is 6.04 Å². The average molecular weight is 280 g/mol. The van der Waals surface area contributed by atoms with Crippen LogP contribution in [0, 0.1) is 0 Å². The fourth-order valence-corrected chi connectivity index (χ4v) is 2.92. The summed E-state index contributed by atoms with van der Waals surface area (Å²) in [7, 11) is 0. The first-order chi connectivity index (χ1) is 10.4. The Morgan fingerprint density at radius 3 is 2.48 bits per heavy atom. The van der Waals surface area contributed by atoms with Gasteiger partial charge in [0.15, 0.2) is 0 Å². The van der Waals surface area contributed by atoms with Crippen LogP contribution in [0.15, 0.2) is 59.8 Å². The fourth-order valence-electron chi connectivity index (χ4n) is 2.92. The van der Waals surface area contributed by atoms with E-state index in [0.717, 1.165) is 31.5 Å². The predicted octanol–water partition coefficient (Wildman–Crippen LogP) is 3.16. The van der Waals surface area contributed by atoms with Crippen LogP contribution >= 0.6 is 0 Å². The summed E-state index contributed by atoms with van der Waals surface area (Å²) in [6, 6.07) is 18.9. The third-order valence-corrected chi connectivity index (χ3v) is 4.12. The molecule has 2 aromatic carbocycles. The first-order valence-corrected chi connectivity index (χ1v) is 7.42. The molecule has 0 aromatic heterocycles. The molecular formula is C18H20N2O. The molecular weight excluding hydrogens is 260 g/mol. The summed E-state index contributed by atoms with van der Waals surface area (Å²) < 4.78 is 0. The highest BCUT2D eigenvalue weighted by Crippen LogP contribution is 2.19. The molecule has 3 nitrogen and oxygen atoms in total. The smallest absolute Gasteiger partial charge is 0.0783 e. The molecule has 0 fully saturated rings. The lowest BCUT2D eigenvalue weighted by Crippen LogP contribution is -2.36. The Morgan fingerprint density at radius 1 is 1.00 bits per heavy atom. The van der Waals surface area contributed by atoms with Crippen LogP contribution in [0.25, 0.3) is 0 Å². The van der Waals surface area contributed by atoms with Gasteiger partial charge in [0.2, 0.25) is 0 Å². The largest absolute Gasteiger partial charge is 0.411 e. The van der Waals surface area contributed by atoms with Crippen molar-refractivity contribution in [2.24, 2.45) is 5.16 Å². The van der Waals surface area contributed by atoms with Gasteiger partial charge < -0.3 is 10.5 Å². The highest BCUT2D eigenvalue weighted by molar-refractivity contribution is 5.91. The number of nitrogens with zero attached hydrogens (tertiary/aromatic N) is 1. The van der Waals surface area contributed by atoms with E-state index in [0.29, 0.717) is 0 Å².